The van der Waals surface area contributed by atoms with E-state index in [4.69, 9.17) is 5.11 Å². The van der Waals surface area contributed by atoms with E-state index in [0.717, 1.165) is 18.6 Å². The predicted octanol–water partition coefficient (Wildman–Crippen LogP) is -0.623. The van der Waals surface area contributed by atoms with Crippen LogP contribution in [0.1, 0.15) is 0 Å². The lowest BCUT2D eigenvalue weighted by atomic mass is 10.6. The summed E-state index contributed by atoms with van der Waals surface area (Å²) in [4.78, 5) is 17.5. The molecule has 0 aliphatic heterocycles. The molecule has 1 aromatic heterocycles. The van der Waals surface area contributed by atoms with Crippen molar-refractivity contribution >= 4 is 21.8 Å². The van der Waals surface area contributed by atoms with Crippen LogP contribution in [0.15, 0.2) is 17.3 Å². The van der Waals surface area contributed by atoms with Gasteiger partial charge in [0.15, 0.2) is 9.84 Å². The monoisotopic (exact) mass is 231 g/mol. The Morgan fingerprint density at radius 1 is 1.47 bits per heavy atom. The number of nitrogens with zero attached hydrogens (tertiary/aromatic N) is 2. The molecule has 0 aliphatic carbocycles. The van der Waals surface area contributed by atoms with Crippen LogP contribution in [0, 0.1) is 0 Å². The molecule has 0 saturated heterocycles. The van der Waals surface area contributed by atoms with Crippen molar-refractivity contribution in [3.63, 3.8) is 0 Å². The minimum atomic E-state index is -3.32. The van der Waals surface area contributed by atoms with E-state index in [1.54, 1.807) is 0 Å². The lowest BCUT2D eigenvalue weighted by Crippen LogP contribution is -2.14. The lowest BCUT2D eigenvalue weighted by molar-refractivity contribution is -0.134. The van der Waals surface area contributed by atoms with E-state index in [0.29, 0.717) is 0 Å². The van der Waals surface area contributed by atoms with E-state index >= 15 is 0 Å². The Labute approximate surface area is 86.1 Å². The van der Waals surface area contributed by atoms with Crippen LogP contribution in [-0.4, -0.2) is 42.3 Å². The summed E-state index contributed by atoms with van der Waals surface area (Å²) in [6.45, 7) is -0.321. The number of sulfone groups is 1. The average Bonchev–Trinajstić information content (AvgIpc) is 2.14. The highest BCUT2D eigenvalue weighted by atomic mass is 32.2. The first-order valence-electron chi connectivity index (χ1n) is 3.87. The molecule has 2 N–H and O–H groups in total. The smallest absolute Gasteiger partial charge is 0.322 e. The zero-order chi connectivity index (χ0) is 11.5. The molecule has 0 saturated carbocycles. The van der Waals surface area contributed by atoms with Crippen LogP contribution in [0.2, 0.25) is 0 Å². The fourth-order valence-electron chi connectivity index (χ4n) is 0.754. The van der Waals surface area contributed by atoms with Gasteiger partial charge in [-0.15, -0.1) is 0 Å². The van der Waals surface area contributed by atoms with Gasteiger partial charge in [0.2, 0.25) is 5.95 Å². The molecule has 8 heteroatoms. The summed E-state index contributed by atoms with van der Waals surface area (Å²) in [7, 11) is -3.32. The fourth-order valence-corrected chi connectivity index (χ4v) is 1.24. The van der Waals surface area contributed by atoms with Crippen molar-refractivity contribution in [2.24, 2.45) is 0 Å². The average molecular weight is 231 g/mol. The van der Waals surface area contributed by atoms with Gasteiger partial charge in [0.1, 0.15) is 11.4 Å². The Hall–Kier alpha value is -1.70. The quantitative estimate of drug-likeness (QED) is 0.710. The van der Waals surface area contributed by atoms with Crippen molar-refractivity contribution in [2.45, 2.75) is 4.90 Å². The van der Waals surface area contributed by atoms with E-state index in [1.165, 1.54) is 0 Å². The first-order chi connectivity index (χ1) is 6.89. The summed E-state index contributed by atoms with van der Waals surface area (Å²) in [6.07, 6.45) is 3.27. The van der Waals surface area contributed by atoms with Crippen molar-refractivity contribution in [3.05, 3.63) is 12.4 Å². The van der Waals surface area contributed by atoms with E-state index in [1.807, 2.05) is 0 Å². The molecule has 1 heterocycles. The molecular weight excluding hydrogens is 222 g/mol. The van der Waals surface area contributed by atoms with Crippen LogP contribution in [0.3, 0.4) is 0 Å². The van der Waals surface area contributed by atoms with Gasteiger partial charge >= 0.3 is 5.97 Å². The number of hydrogen-bond acceptors (Lipinski definition) is 6. The number of carboxylic acids is 1. The van der Waals surface area contributed by atoms with Crippen molar-refractivity contribution in [2.75, 3.05) is 18.1 Å². The number of aromatic nitrogens is 2. The zero-order valence-electron chi connectivity index (χ0n) is 7.84. The fraction of sp³-hybridized carbons (Fsp3) is 0.286. The molecule has 0 aromatic carbocycles. The summed E-state index contributed by atoms with van der Waals surface area (Å²) in [5, 5.41) is 10.8. The Bertz CT molecular complexity index is 454. The number of anilines is 1. The van der Waals surface area contributed by atoms with Gasteiger partial charge in [-0.2, -0.15) is 0 Å². The number of hydrogen-bond donors (Lipinski definition) is 2. The van der Waals surface area contributed by atoms with Gasteiger partial charge in [0.05, 0.1) is 12.4 Å². The Morgan fingerprint density at radius 2 is 2.00 bits per heavy atom. The highest BCUT2D eigenvalue weighted by Gasteiger charge is 2.08. The van der Waals surface area contributed by atoms with Crippen molar-refractivity contribution in [1.29, 1.82) is 0 Å². The highest BCUT2D eigenvalue weighted by molar-refractivity contribution is 7.90. The molecule has 0 unspecified atom stereocenters. The largest absolute Gasteiger partial charge is 0.480 e. The van der Waals surface area contributed by atoms with Gasteiger partial charge in [-0.3, -0.25) is 4.79 Å². The number of carboxylic acid groups (broad SMARTS) is 1. The summed E-state index contributed by atoms with van der Waals surface area (Å²) in [6, 6.07) is 0. The number of aliphatic carboxylic acids is 1. The Morgan fingerprint density at radius 3 is 2.40 bits per heavy atom. The summed E-state index contributed by atoms with van der Waals surface area (Å²) in [5.41, 5.74) is 0. The van der Waals surface area contributed by atoms with Crippen LogP contribution in [0.4, 0.5) is 5.95 Å². The third-order valence-corrected chi connectivity index (χ3v) is 2.52. The molecule has 0 bridgehead atoms. The highest BCUT2D eigenvalue weighted by Crippen LogP contribution is 2.06. The third-order valence-electron chi connectivity index (χ3n) is 1.45. The second-order valence-electron chi connectivity index (χ2n) is 2.76. The first kappa shape index (κ1) is 11.4. The van der Waals surface area contributed by atoms with Crippen molar-refractivity contribution < 1.29 is 18.3 Å². The van der Waals surface area contributed by atoms with E-state index in [2.05, 4.69) is 15.3 Å². The van der Waals surface area contributed by atoms with Gasteiger partial charge in [0.25, 0.3) is 0 Å². The standard InChI is InChI=1S/C7H9N3O4S/c1-15(13,14)5-2-8-7(9-3-5)10-4-6(11)12/h2-3H,4H2,1H3,(H,11,12)(H,8,9,10). The third kappa shape index (κ3) is 3.50. The summed E-state index contributed by atoms with van der Waals surface area (Å²) < 4.78 is 22.0. The minimum absolute atomic E-state index is 0.0108. The van der Waals surface area contributed by atoms with E-state index in [-0.39, 0.29) is 17.4 Å². The summed E-state index contributed by atoms with van der Waals surface area (Å²) >= 11 is 0. The topological polar surface area (TPSA) is 109 Å². The number of nitrogens with one attached hydrogen (secondary N) is 1. The van der Waals surface area contributed by atoms with E-state index < -0.39 is 15.8 Å². The predicted molar refractivity (Wildman–Crippen MR) is 51.3 cm³/mol. The van der Waals surface area contributed by atoms with Crippen molar-refractivity contribution in [1.82, 2.24) is 9.97 Å². The van der Waals surface area contributed by atoms with E-state index in [9.17, 15) is 13.2 Å². The SMILES string of the molecule is CS(=O)(=O)c1cnc(NCC(=O)O)nc1. The maximum absolute atomic E-state index is 11.0. The van der Waals surface area contributed by atoms with Crippen molar-refractivity contribution in [3.8, 4) is 0 Å². The molecule has 82 valence electrons. The second-order valence-corrected chi connectivity index (χ2v) is 4.78. The number of carbonyl (C=O) groups is 1. The number of rotatable bonds is 4. The first-order valence-corrected chi connectivity index (χ1v) is 5.76. The van der Waals surface area contributed by atoms with Gasteiger partial charge in [0, 0.05) is 6.26 Å². The molecule has 0 fully saturated rings. The molecule has 0 amide bonds. The maximum atomic E-state index is 11.0. The second kappa shape index (κ2) is 4.22. The Kier molecular flexibility index (Phi) is 3.20. The summed E-state index contributed by atoms with van der Waals surface area (Å²) in [5.74, 6) is -0.976. The Balaban J connectivity index is 2.77. The normalized spacial score (nSPS) is 11.0. The van der Waals surface area contributed by atoms with Crippen LogP contribution < -0.4 is 5.32 Å². The molecule has 0 atom stereocenters. The van der Waals surface area contributed by atoms with Crippen LogP contribution in [-0.2, 0) is 14.6 Å². The minimum Gasteiger partial charge on any atom is -0.480 e. The molecular formula is C7H9N3O4S. The van der Waals surface area contributed by atoms with Gasteiger partial charge in [-0.1, -0.05) is 0 Å². The molecule has 1 rings (SSSR count). The van der Waals surface area contributed by atoms with Crippen LogP contribution in [0.5, 0.6) is 0 Å². The van der Waals surface area contributed by atoms with Gasteiger partial charge in [-0.05, 0) is 0 Å². The molecule has 15 heavy (non-hydrogen) atoms. The van der Waals surface area contributed by atoms with Crippen LogP contribution >= 0.6 is 0 Å². The van der Waals surface area contributed by atoms with Crippen LogP contribution in [0.25, 0.3) is 0 Å². The zero-order valence-corrected chi connectivity index (χ0v) is 8.65. The molecule has 0 aliphatic rings. The molecule has 0 spiro atoms. The van der Waals surface area contributed by atoms with Gasteiger partial charge in [-0.25, -0.2) is 18.4 Å². The molecule has 1 aromatic rings. The molecule has 7 nitrogen and oxygen atoms in total. The molecule has 0 radical (unpaired) electrons. The maximum Gasteiger partial charge on any atom is 0.322 e. The van der Waals surface area contributed by atoms with Gasteiger partial charge < -0.3 is 10.4 Å². The lowest BCUT2D eigenvalue weighted by Gasteiger charge is -2.01.